The molecule has 1 aliphatic heterocycles. The number of halogens is 4. The smallest absolute Gasteiger partial charge is 0.394 e. The highest BCUT2D eigenvalue weighted by atomic mass is 32.2. The molecule has 0 radical (unpaired) electrons. The van der Waals surface area contributed by atoms with Gasteiger partial charge in [-0.1, -0.05) is 6.07 Å². The zero-order valence-corrected chi connectivity index (χ0v) is 19.9. The number of primary sulfonamides is 1. The van der Waals surface area contributed by atoms with Crippen molar-refractivity contribution in [1.29, 1.82) is 0 Å². The molecular formula is C23H23F4N5O3S. The average molecular weight is 526 g/mol. The zero-order valence-electron chi connectivity index (χ0n) is 19.1. The van der Waals surface area contributed by atoms with E-state index in [-0.39, 0.29) is 47.3 Å². The van der Waals surface area contributed by atoms with Crippen molar-refractivity contribution in [2.24, 2.45) is 5.14 Å². The summed E-state index contributed by atoms with van der Waals surface area (Å²) in [6.45, 7) is 1.77. The molecule has 0 saturated carbocycles. The Balaban J connectivity index is 1.72. The summed E-state index contributed by atoms with van der Waals surface area (Å²) in [5.41, 5.74) is -0.442. The van der Waals surface area contributed by atoms with E-state index in [1.165, 1.54) is 30.5 Å². The number of aliphatic hydroxyl groups is 1. The van der Waals surface area contributed by atoms with Gasteiger partial charge in [-0.15, -0.1) is 0 Å². The summed E-state index contributed by atoms with van der Waals surface area (Å²) in [4.78, 5) is 11.2. The molecule has 1 saturated heterocycles. The van der Waals surface area contributed by atoms with Crippen LogP contribution >= 0.6 is 0 Å². The molecule has 4 rings (SSSR count). The summed E-state index contributed by atoms with van der Waals surface area (Å²) in [6.07, 6.45) is -2.72. The fraction of sp³-hybridized carbons (Fsp3) is 0.304. The van der Waals surface area contributed by atoms with Gasteiger partial charge in [-0.25, -0.2) is 27.9 Å². The molecule has 0 bridgehead atoms. The number of alkyl halides is 3. The molecule has 0 aliphatic carbocycles. The van der Waals surface area contributed by atoms with Gasteiger partial charge in [0.25, 0.3) is 10.0 Å². The first-order valence-electron chi connectivity index (χ1n) is 10.8. The first kappa shape index (κ1) is 25.8. The minimum atomic E-state index is -4.72. The maximum absolute atomic E-state index is 14.0. The lowest BCUT2D eigenvalue weighted by molar-refractivity contribution is -0.137. The molecule has 0 spiro atoms. The van der Waals surface area contributed by atoms with Gasteiger partial charge < -0.3 is 14.9 Å². The number of nitrogens with two attached hydrogens (primary N) is 1. The molecule has 1 atom stereocenters. The topological polar surface area (TPSA) is 113 Å². The van der Waals surface area contributed by atoms with E-state index in [0.29, 0.717) is 11.8 Å². The van der Waals surface area contributed by atoms with Crippen LogP contribution in [0.1, 0.15) is 11.1 Å². The van der Waals surface area contributed by atoms with Gasteiger partial charge in [-0.05, 0) is 53.9 Å². The Hall–Kier alpha value is -3.29. The van der Waals surface area contributed by atoms with Gasteiger partial charge in [0.05, 0.1) is 23.9 Å². The normalized spacial score (nSPS) is 16.9. The first-order chi connectivity index (χ1) is 16.9. The molecule has 8 nitrogen and oxygen atoms in total. The highest BCUT2D eigenvalue weighted by molar-refractivity contribution is 7.89. The first-order valence-corrected chi connectivity index (χ1v) is 12.4. The summed E-state index contributed by atoms with van der Waals surface area (Å²) in [6, 6.07) is 7.30. The van der Waals surface area contributed by atoms with Crippen molar-refractivity contribution < 1.29 is 31.1 Å². The van der Waals surface area contributed by atoms with Gasteiger partial charge in [-0.3, -0.25) is 0 Å². The SMILES string of the molecule is Cc1ccc(F)cc1-c1cc(N2CCN(c3cccnc3S(N)(=O)=O)C[C@@H]2CO)ncc1C(F)(F)F. The predicted octanol–water partition coefficient (Wildman–Crippen LogP) is 2.94. The van der Waals surface area contributed by atoms with E-state index in [2.05, 4.69) is 9.97 Å². The van der Waals surface area contributed by atoms with Crippen molar-refractivity contribution in [2.45, 2.75) is 24.2 Å². The average Bonchev–Trinajstić information content (AvgIpc) is 2.83. The highest BCUT2D eigenvalue weighted by Crippen LogP contribution is 2.40. The van der Waals surface area contributed by atoms with Crippen molar-refractivity contribution >= 4 is 21.5 Å². The van der Waals surface area contributed by atoms with E-state index in [4.69, 9.17) is 5.14 Å². The van der Waals surface area contributed by atoms with Crippen LogP contribution in [0, 0.1) is 12.7 Å². The van der Waals surface area contributed by atoms with Gasteiger partial charge in [0.1, 0.15) is 11.6 Å². The van der Waals surface area contributed by atoms with Gasteiger partial charge >= 0.3 is 6.18 Å². The van der Waals surface area contributed by atoms with Crippen LogP contribution in [0.15, 0.2) is 53.8 Å². The largest absolute Gasteiger partial charge is 0.418 e. The lowest BCUT2D eigenvalue weighted by Gasteiger charge is -2.42. The Morgan fingerprint density at radius 1 is 1.14 bits per heavy atom. The number of hydrogen-bond acceptors (Lipinski definition) is 7. The molecule has 3 heterocycles. The molecule has 2 aromatic heterocycles. The van der Waals surface area contributed by atoms with E-state index in [9.17, 15) is 31.1 Å². The molecule has 1 fully saturated rings. The molecule has 13 heteroatoms. The van der Waals surface area contributed by atoms with E-state index in [1.54, 1.807) is 22.8 Å². The van der Waals surface area contributed by atoms with E-state index < -0.39 is 40.2 Å². The highest BCUT2D eigenvalue weighted by Gasteiger charge is 2.36. The number of hydrogen-bond donors (Lipinski definition) is 2. The fourth-order valence-corrected chi connectivity index (χ4v) is 5.01. The Morgan fingerprint density at radius 2 is 1.89 bits per heavy atom. The number of anilines is 2. The molecule has 1 aromatic carbocycles. The van der Waals surface area contributed by atoms with Gasteiger partial charge in [0.2, 0.25) is 0 Å². The lowest BCUT2D eigenvalue weighted by atomic mass is 9.96. The number of aromatic nitrogens is 2. The summed E-state index contributed by atoms with van der Waals surface area (Å²) in [5.74, 6) is -0.510. The maximum atomic E-state index is 14.0. The van der Waals surface area contributed by atoms with Crippen LogP contribution in [0.4, 0.5) is 29.1 Å². The number of rotatable bonds is 5. The van der Waals surface area contributed by atoms with Crippen LogP contribution < -0.4 is 14.9 Å². The predicted molar refractivity (Wildman–Crippen MR) is 125 cm³/mol. The third kappa shape index (κ3) is 5.13. The third-order valence-electron chi connectivity index (χ3n) is 6.03. The monoisotopic (exact) mass is 525 g/mol. The van der Waals surface area contributed by atoms with Crippen molar-refractivity contribution in [3.05, 3.63) is 65.7 Å². The zero-order chi connectivity index (χ0) is 26.3. The molecule has 36 heavy (non-hydrogen) atoms. The minimum absolute atomic E-state index is 0.0818. The van der Waals surface area contributed by atoms with Crippen LogP contribution in [-0.2, 0) is 16.2 Å². The Bertz CT molecular complexity index is 1380. The minimum Gasteiger partial charge on any atom is -0.394 e. The van der Waals surface area contributed by atoms with Gasteiger partial charge in [-0.2, -0.15) is 13.2 Å². The fourth-order valence-electron chi connectivity index (χ4n) is 4.31. The maximum Gasteiger partial charge on any atom is 0.418 e. The van der Waals surface area contributed by atoms with Crippen LogP contribution in [0.5, 0.6) is 0 Å². The van der Waals surface area contributed by atoms with Gasteiger partial charge in [0, 0.05) is 32.0 Å². The summed E-state index contributed by atoms with van der Waals surface area (Å²) in [5, 5.41) is 15.1. The Labute approximate surface area is 205 Å². The number of sulfonamides is 1. The quantitative estimate of drug-likeness (QED) is 0.493. The van der Waals surface area contributed by atoms with E-state index in [1.807, 2.05) is 0 Å². The van der Waals surface area contributed by atoms with Crippen molar-refractivity contribution in [2.75, 3.05) is 36.0 Å². The third-order valence-corrected chi connectivity index (χ3v) is 6.89. The van der Waals surface area contributed by atoms with Crippen LogP contribution in [0.25, 0.3) is 11.1 Å². The molecule has 1 aliphatic rings. The van der Waals surface area contributed by atoms with Crippen LogP contribution in [0.2, 0.25) is 0 Å². The molecule has 0 amide bonds. The number of aryl methyl sites for hydroxylation is 1. The second-order valence-electron chi connectivity index (χ2n) is 8.39. The number of nitrogens with zero attached hydrogens (tertiary/aromatic N) is 4. The number of pyridine rings is 2. The van der Waals surface area contributed by atoms with Crippen molar-refractivity contribution in [1.82, 2.24) is 9.97 Å². The van der Waals surface area contributed by atoms with E-state index in [0.717, 1.165) is 6.07 Å². The summed E-state index contributed by atoms with van der Waals surface area (Å²) in [7, 11) is -4.11. The lowest BCUT2D eigenvalue weighted by Crippen LogP contribution is -2.55. The van der Waals surface area contributed by atoms with Crippen LogP contribution in [0.3, 0.4) is 0 Å². The number of piperazine rings is 1. The molecule has 0 unspecified atom stereocenters. The number of aliphatic hydroxyl groups excluding tert-OH is 1. The van der Waals surface area contributed by atoms with Crippen molar-refractivity contribution in [3.63, 3.8) is 0 Å². The Kier molecular flexibility index (Phi) is 6.90. The molecule has 3 aromatic rings. The molecular weight excluding hydrogens is 502 g/mol. The second-order valence-corrected chi connectivity index (χ2v) is 9.87. The molecule has 3 N–H and O–H groups in total. The summed E-state index contributed by atoms with van der Waals surface area (Å²) < 4.78 is 79.3. The number of benzene rings is 1. The molecule has 192 valence electrons. The standard InChI is InChI=1S/C23H23F4N5O3S/c1-14-4-5-15(24)9-17(14)18-10-21(30-11-19(18)23(25,26)27)32-8-7-31(12-16(32)13-33)20-3-2-6-29-22(20)36(28,34)35/h2-6,9-11,16,33H,7-8,12-13H2,1H3,(H2,28,34,35)/t16-/m1/s1. The summed E-state index contributed by atoms with van der Waals surface area (Å²) >= 11 is 0. The van der Waals surface area contributed by atoms with Crippen LogP contribution in [-0.4, -0.2) is 55.8 Å². The van der Waals surface area contributed by atoms with E-state index >= 15 is 0 Å². The second kappa shape index (κ2) is 9.64. The Morgan fingerprint density at radius 3 is 2.56 bits per heavy atom. The van der Waals surface area contributed by atoms with Crippen molar-refractivity contribution in [3.8, 4) is 11.1 Å². The van der Waals surface area contributed by atoms with Gasteiger partial charge in [0.15, 0.2) is 5.03 Å².